The molecule has 1 aromatic heterocycles. The highest BCUT2D eigenvalue weighted by molar-refractivity contribution is 5.79. The molecule has 1 aromatic rings. The van der Waals surface area contributed by atoms with Crippen molar-refractivity contribution >= 4 is 5.78 Å². The summed E-state index contributed by atoms with van der Waals surface area (Å²) in [5, 5.41) is 15.4. The number of rotatable bonds is 2. The van der Waals surface area contributed by atoms with Gasteiger partial charge in [0.25, 0.3) is 0 Å². The number of aryl methyl sites for hydroxylation is 1. The monoisotopic (exact) mass is 398 g/mol. The van der Waals surface area contributed by atoms with Crippen LogP contribution in [0.1, 0.15) is 83.7 Å². The quantitative estimate of drug-likeness (QED) is 0.767. The maximum absolute atomic E-state index is 12.7. The molecule has 4 heteroatoms. The standard InChI is InChI=1S/C25H38N2O2/c1-15-13-26-27(14-15)22-11-21(16(2)28)25(4)10-8-19-18-7-9-24(3,29)12-17(18)5-6-20(19)23(22)25/h13-14,17-23,29H,5-12H2,1-4H3/t17-,18+,19-,20-,21-,22-,23-,24-,25-/m1/s1. The number of hydrogen-bond acceptors (Lipinski definition) is 3. The lowest BCUT2D eigenvalue weighted by Crippen LogP contribution is -2.52. The maximum atomic E-state index is 12.7. The molecule has 5 rings (SSSR count). The fraction of sp³-hybridized carbons (Fsp3) is 0.840. The number of hydrogen-bond donors (Lipinski definition) is 1. The smallest absolute Gasteiger partial charge is 0.133 e. The molecule has 1 heterocycles. The van der Waals surface area contributed by atoms with Crippen molar-refractivity contribution in [3.05, 3.63) is 18.0 Å². The van der Waals surface area contributed by atoms with Crippen LogP contribution in [0.15, 0.2) is 12.4 Å². The first-order chi connectivity index (χ1) is 13.7. The first-order valence-corrected chi connectivity index (χ1v) is 11.9. The molecule has 0 aliphatic heterocycles. The van der Waals surface area contributed by atoms with Gasteiger partial charge in [-0.05, 0) is 113 Å². The van der Waals surface area contributed by atoms with Crippen LogP contribution in [0.4, 0.5) is 0 Å². The van der Waals surface area contributed by atoms with Crippen molar-refractivity contribution in [1.29, 1.82) is 0 Å². The van der Waals surface area contributed by atoms with Crippen molar-refractivity contribution in [1.82, 2.24) is 9.78 Å². The summed E-state index contributed by atoms with van der Waals surface area (Å²) in [7, 11) is 0. The SMILES string of the molecule is CC(=O)[C@H]1C[C@@H](n2cc(C)cn2)[C@H]2[C@@H]3CC[C@@H]4C[C@](C)(O)CC[C@@H]4[C@H]3CC[C@@]21C. The van der Waals surface area contributed by atoms with E-state index >= 15 is 0 Å². The maximum Gasteiger partial charge on any atom is 0.133 e. The summed E-state index contributed by atoms with van der Waals surface area (Å²) >= 11 is 0. The van der Waals surface area contributed by atoms with Gasteiger partial charge in [-0.15, -0.1) is 0 Å². The van der Waals surface area contributed by atoms with E-state index in [0.717, 1.165) is 31.1 Å². The summed E-state index contributed by atoms with van der Waals surface area (Å²) in [5.41, 5.74) is 0.868. The van der Waals surface area contributed by atoms with E-state index in [2.05, 4.69) is 24.7 Å². The zero-order valence-corrected chi connectivity index (χ0v) is 18.6. The van der Waals surface area contributed by atoms with E-state index in [-0.39, 0.29) is 11.3 Å². The van der Waals surface area contributed by atoms with Crippen molar-refractivity contribution in [2.45, 2.75) is 90.7 Å². The van der Waals surface area contributed by atoms with Gasteiger partial charge in [0.05, 0.1) is 17.8 Å². The second-order valence-electron chi connectivity index (χ2n) is 11.6. The van der Waals surface area contributed by atoms with Gasteiger partial charge in [-0.25, -0.2) is 0 Å². The Balaban J connectivity index is 1.49. The van der Waals surface area contributed by atoms with E-state index in [1.807, 2.05) is 20.0 Å². The Morgan fingerprint density at radius 3 is 2.59 bits per heavy atom. The number of aromatic nitrogens is 2. The zero-order valence-electron chi connectivity index (χ0n) is 18.6. The van der Waals surface area contributed by atoms with Gasteiger partial charge in [0.15, 0.2) is 0 Å². The minimum absolute atomic E-state index is 0.116. The van der Waals surface area contributed by atoms with Crippen LogP contribution in [0.25, 0.3) is 0 Å². The van der Waals surface area contributed by atoms with Gasteiger partial charge in [0.2, 0.25) is 0 Å². The molecule has 4 aliphatic rings. The Kier molecular flexibility index (Phi) is 4.55. The van der Waals surface area contributed by atoms with Gasteiger partial charge in [-0.3, -0.25) is 9.48 Å². The number of aliphatic hydroxyl groups is 1. The topological polar surface area (TPSA) is 55.1 Å². The van der Waals surface area contributed by atoms with Crippen LogP contribution in [-0.4, -0.2) is 26.3 Å². The lowest BCUT2D eigenvalue weighted by molar-refractivity contribution is -0.131. The third-order valence-corrected chi connectivity index (χ3v) is 9.78. The molecule has 4 aliphatic carbocycles. The molecule has 0 radical (unpaired) electrons. The fourth-order valence-corrected chi connectivity index (χ4v) is 8.66. The molecule has 1 N–H and O–H groups in total. The van der Waals surface area contributed by atoms with E-state index in [1.54, 1.807) is 0 Å². The largest absolute Gasteiger partial charge is 0.390 e. The molecule has 0 amide bonds. The van der Waals surface area contributed by atoms with Crippen molar-refractivity contribution in [2.24, 2.45) is 40.9 Å². The molecule has 0 saturated heterocycles. The molecule has 4 fully saturated rings. The number of Topliss-reactive ketones (excluding diaryl/α,β-unsaturated/α-hetero) is 1. The highest BCUT2D eigenvalue weighted by atomic mass is 16.3. The van der Waals surface area contributed by atoms with E-state index < -0.39 is 5.60 Å². The van der Waals surface area contributed by atoms with Crippen molar-refractivity contribution in [2.75, 3.05) is 0 Å². The normalized spacial score (nSPS) is 49.2. The summed E-state index contributed by atoms with van der Waals surface area (Å²) in [6.45, 7) is 8.39. The van der Waals surface area contributed by atoms with Gasteiger partial charge in [-0.2, -0.15) is 5.10 Å². The van der Waals surface area contributed by atoms with Gasteiger partial charge < -0.3 is 5.11 Å². The number of ketones is 1. The summed E-state index contributed by atoms with van der Waals surface area (Å²) < 4.78 is 2.21. The number of carbonyl (C=O) groups is 1. The fourth-order valence-electron chi connectivity index (χ4n) is 8.66. The van der Waals surface area contributed by atoms with Crippen molar-refractivity contribution < 1.29 is 9.90 Å². The van der Waals surface area contributed by atoms with Crippen LogP contribution >= 0.6 is 0 Å². The molecular weight excluding hydrogens is 360 g/mol. The predicted molar refractivity (Wildman–Crippen MR) is 113 cm³/mol. The zero-order chi connectivity index (χ0) is 20.6. The average Bonchev–Trinajstić information content (AvgIpc) is 3.21. The summed E-state index contributed by atoms with van der Waals surface area (Å²) in [5.74, 6) is 4.05. The number of carbonyl (C=O) groups excluding carboxylic acids is 1. The summed E-state index contributed by atoms with van der Waals surface area (Å²) in [6.07, 6.45) is 13.2. The molecule has 9 atom stereocenters. The minimum Gasteiger partial charge on any atom is -0.390 e. The molecule has 29 heavy (non-hydrogen) atoms. The number of nitrogens with zero attached hydrogens (tertiary/aromatic N) is 2. The van der Waals surface area contributed by atoms with Crippen LogP contribution in [-0.2, 0) is 4.79 Å². The Labute approximate surface area is 175 Å². The summed E-state index contributed by atoms with van der Waals surface area (Å²) in [4.78, 5) is 12.7. The van der Waals surface area contributed by atoms with Gasteiger partial charge in [0, 0.05) is 12.1 Å². The third kappa shape index (κ3) is 3.04. The van der Waals surface area contributed by atoms with Gasteiger partial charge in [0.1, 0.15) is 5.78 Å². The van der Waals surface area contributed by atoms with Crippen LogP contribution in [0.5, 0.6) is 0 Å². The Hall–Kier alpha value is -1.16. The first-order valence-electron chi connectivity index (χ1n) is 11.9. The highest BCUT2D eigenvalue weighted by Crippen LogP contribution is 2.67. The van der Waals surface area contributed by atoms with Crippen molar-refractivity contribution in [3.8, 4) is 0 Å². The lowest BCUT2D eigenvalue weighted by Gasteiger charge is -2.57. The predicted octanol–water partition coefficient (Wildman–Crippen LogP) is 4.95. The molecule has 4 nitrogen and oxygen atoms in total. The first kappa shape index (κ1) is 19.8. The van der Waals surface area contributed by atoms with E-state index in [4.69, 9.17) is 5.10 Å². The van der Waals surface area contributed by atoms with Gasteiger partial charge >= 0.3 is 0 Å². The van der Waals surface area contributed by atoms with Crippen LogP contribution in [0, 0.1) is 47.8 Å². The van der Waals surface area contributed by atoms with Crippen LogP contribution < -0.4 is 0 Å². The molecule has 4 saturated carbocycles. The molecule has 0 bridgehead atoms. The van der Waals surface area contributed by atoms with Crippen LogP contribution in [0.2, 0.25) is 0 Å². The van der Waals surface area contributed by atoms with E-state index in [1.165, 1.54) is 37.7 Å². The van der Waals surface area contributed by atoms with E-state index in [9.17, 15) is 9.90 Å². The van der Waals surface area contributed by atoms with E-state index in [0.29, 0.717) is 29.6 Å². The molecule has 0 spiro atoms. The Bertz CT molecular complexity index is 798. The average molecular weight is 399 g/mol. The molecule has 0 unspecified atom stereocenters. The Morgan fingerprint density at radius 2 is 1.90 bits per heavy atom. The van der Waals surface area contributed by atoms with Crippen LogP contribution in [0.3, 0.4) is 0 Å². The molecule has 0 aromatic carbocycles. The van der Waals surface area contributed by atoms with Gasteiger partial charge in [-0.1, -0.05) is 6.92 Å². The summed E-state index contributed by atoms with van der Waals surface area (Å²) in [6, 6.07) is 0.360. The third-order valence-electron chi connectivity index (χ3n) is 9.78. The van der Waals surface area contributed by atoms with Crippen molar-refractivity contribution in [3.63, 3.8) is 0 Å². The highest BCUT2D eigenvalue weighted by Gasteiger charge is 2.62. The minimum atomic E-state index is -0.459. The lowest BCUT2D eigenvalue weighted by atomic mass is 9.48. The molecular formula is C25H38N2O2. The second kappa shape index (κ2) is 6.67. The molecule has 160 valence electrons. The second-order valence-corrected chi connectivity index (χ2v) is 11.6. The Morgan fingerprint density at radius 1 is 1.14 bits per heavy atom. The number of fused-ring (bicyclic) bond motifs is 5.